The Bertz CT molecular complexity index is 462. The smallest absolute Gasteiger partial charge is 0.0717 e. The lowest BCUT2D eigenvalue weighted by atomic mass is 9.72. The molecule has 2 nitrogen and oxygen atoms in total. The third-order valence-electron chi connectivity index (χ3n) is 5.61. The fraction of sp³-hybridized carbons (Fsp3) is 0.667. The Kier molecular flexibility index (Phi) is 3.64. The Labute approximate surface area is 122 Å². The van der Waals surface area contributed by atoms with Crippen molar-refractivity contribution in [2.75, 3.05) is 7.05 Å². The summed E-state index contributed by atoms with van der Waals surface area (Å²) in [5, 5.41) is 11.2. The van der Waals surface area contributed by atoms with Crippen LogP contribution in [0, 0.1) is 13.8 Å². The molecule has 1 N–H and O–H groups in total. The Morgan fingerprint density at radius 3 is 2.25 bits per heavy atom. The fourth-order valence-electron chi connectivity index (χ4n) is 4.35. The van der Waals surface area contributed by atoms with Crippen LogP contribution in [0.3, 0.4) is 0 Å². The van der Waals surface area contributed by atoms with Gasteiger partial charge in [0.05, 0.1) is 5.60 Å². The van der Waals surface area contributed by atoms with E-state index in [4.69, 9.17) is 0 Å². The van der Waals surface area contributed by atoms with Crippen LogP contribution in [0.15, 0.2) is 18.2 Å². The molecule has 20 heavy (non-hydrogen) atoms. The fourth-order valence-corrected chi connectivity index (χ4v) is 4.35. The van der Waals surface area contributed by atoms with Gasteiger partial charge in [-0.3, -0.25) is 0 Å². The van der Waals surface area contributed by atoms with Gasteiger partial charge in [0.15, 0.2) is 0 Å². The van der Waals surface area contributed by atoms with Gasteiger partial charge in [0.2, 0.25) is 0 Å². The monoisotopic (exact) mass is 273 g/mol. The molecule has 3 rings (SSSR count). The number of benzene rings is 1. The zero-order valence-corrected chi connectivity index (χ0v) is 13.0. The van der Waals surface area contributed by atoms with Crippen molar-refractivity contribution in [2.24, 2.45) is 0 Å². The van der Waals surface area contributed by atoms with Gasteiger partial charge in [0.1, 0.15) is 0 Å². The minimum absolute atomic E-state index is 0.501. The molecule has 2 fully saturated rings. The number of hydrogen-bond donors (Lipinski definition) is 1. The van der Waals surface area contributed by atoms with Crippen molar-refractivity contribution in [3.63, 3.8) is 0 Å². The number of piperidine rings is 2. The van der Waals surface area contributed by atoms with E-state index in [0.29, 0.717) is 12.1 Å². The molecule has 2 saturated heterocycles. The van der Waals surface area contributed by atoms with Crippen LogP contribution >= 0.6 is 0 Å². The highest BCUT2D eigenvalue weighted by Crippen LogP contribution is 2.40. The Morgan fingerprint density at radius 2 is 1.70 bits per heavy atom. The topological polar surface area (TPSA) is 23.5 Å². The van der Waals surface area contributed by atoms with Gasteiger partial charge in [-0.15, -0.1) is 0 Å². The van der Waals surface area contributed by atoms with Gasteiger partial charge in [0.25, 0.3) is 0 Å². The van der Waals surface area contributed by atoms with Gasteiger partial charge in [0, 0.05) is 18.5 Å². The molecule has 0 aliphatic carbocycles. The third kappa shape index (κ3) is 2.51. The zero-order chi connectivity index (χ0) is 14.3. The van der Waals surface area contributed by atoms with Crippen molar-refractivity contribution in [3.8, 4) is 0 Å². The number of nitrogens with zero attached hydrogens (tertiary/aromatic N) is 1. The van der Waals surface area contributed by atoms with Crippen molar-refractivity contribution in [2.45, 2.75) is 70.1 Å². The first-order valence-electron chi connectivity index (χ1n) is 7.98. The zero-order valence-electron chi connectivity index (χ0n) is 13.0. The first-order chi connectivity index (χ1) is 9.48. The second-order valence-electron chi connectivity index (χ2n) is 7.08. The van der Waals surface area contributed by atoms with E-state index in [0.717, 1.165) is 19.3 Å². The summed E-state index contributed by atoms with van der Waals surface area (Å²) in [7, 11) is 2.24. The van der Waals surface area contributed by atoms with Gasteiger partial charge in [-0.2, -0.15) is 0 Å². The summed E-state index contributed by atoms with van der Waals surface area (Å²) in [5.41, 5.74) is 3.50. The van der Waals surface area contributed by atoms with Gasteiger partial charge in [-0.1, -0.05) is 24.6 Å². The van der Waals surface area contributed by atoms with E-state index in [1.165, 1.54) is 36.0 Å². The molecule has 2 heteroatoms. The van der Waals surface area contributed by atoms with Crippen LogP contribution in [0.5, 0.6) is 0 Å². The predicted molar refractivity (Wildman–Crippen MR) is 83.0 cm³/mol. The molecule has 110 valence electrons. The maximum atomic E-state index is 11.2. The number of aryl methyl sites for hydroxylation is 2. The molecule has 2 heterocycles. The molecule has 2 bridgehead atoms. The van der Waals surface area contributed by atoms with Crippen LogP contribution in [-0.4, -0.2) is 34.7 Å². The quantitative estimate of drug-likeness (QED) is 0.894. The van der Waals surface area contributed by atoms with Gasteiger partial charge in [-0.05, 0) is 63.3 Å². The summed E-state index contributed by atoms with van der Waals surface area (Å²) in [4.78, 5) is 2.52. The van der Waals surface area contributed by atoms with Crippen LogP contribution in [0.2, 0.25) is 0 Å². The maximum Gasteiger partial charge on any atom is 0.0717 e. The molecule has 2 unspecified atom stereocenters. The summed E-state index contributed by atoms with van der Waals surface area (Å²) >= 11 is 0. The Hall–Kier alpha value is -0.860. The molecule has 0 radical (unpaired) electrons. The van der Waals surface area contributed by atoms with E-state index in [9.17, 15) is 5.11 Å². The van der Waals surface area contributed by atoms with E-state index >= 15 is 0 Å². The first kappa shape index (κ1) is 14.1. The largest absolute Gasteiger partial charge is 0.389 e. The second kappa shape index (κ2) is 5.16. The number of hydrogen-bond acceptors (Lipinski definition) is 2. The van der Waals surface area contributed by atoms with Crippen LogP contribution in [0.25, 0.3) is 0 Å². The van der Waals surface area contributed by atoms with Crippen LogP contribution in [0.1, 0.15) is 48.8 Å². The molecule has 0 saturated carbocycles. The van der Waals surface area contributed by atoms with Crippen LogP contribution < -0.4 is 0 Å². The molecule has 0 spiro atoms. The maximum absolute atomic E-state index is 11.2. The van der Waals surface area contributed by atoms with Gasteiger partial charge < -0.3 is 10.0 Å². The lowest BCUT2D eigenvalue weighted by molar-refractivity contribution is -0.0821. The molecule has 1 aromatic carbocycles. The Morgan fingerprint density at radius 1 is 1.15 bits per heavy atom. The van der Waals surface area contributed by atoms with Crippen molar-refractivity contribution >= 4 is 0 Å². The number of rotatable bonds is 2. The van der Waals surface area contributed by atoms with Crippen molar-refractivity contribution in [3.05, 3.63) is 34.9 Å². The normalized spacial score (nSPS) is 34.2. The van der Waals surface area contributed by atoms with E-state index in [1.807, 2.05) is 0 Å². The van der Waals surface area contributed by atoms with Crippen molar-refractivity contribution in [1.82, 2.24) is 4.90 Å². The highest BCUT2D eigenvalue weighted by molar-refractivity contribution is 5.35. The molecular weight excluding hydrogens is 246 g/mol. The third-order valence-corrected chi connectivity index (χ3v) is 5.61. The first-order valence-corrected chi connectivity index (χ1v) is 7.98. The van der Waals surface area contributed by atoms with E-state index < -0.39 is 5.60 Å². The minimum atomic E-state index is -0.501. The lowest BCUT2D eigenvalue weighted by Gasteiger charge is -2.51. The summed E-state index contributed by atoms with van der Waals surface area (Å²) in [6.07, 6.45) is 6.54. The van der Waals surface area contributed by atoms with E-state index in [-0.39, 0.29) is 0 Å². The standard InChI is InChI=1S/C18H27NO/c1-13-6-4-7-14(2)17(13)12-18(20)10-15-8-5-9-16(11-18)19(15)3/h4,6-7,15-16,20H,5,8-12H2,1-3H3. The predicted octanol–water partition coefficient (Wildman–Crippen LogP) is 3.22. The van der Waals surface area contributed by atoms with E-state index in [2.05, 4.69) is 44.0 Å². The molecule has 0 amide bonds. The highest BCUT2D eigenvalue weighted by Gasteiger charge is 2.44. The van der Waals surface area contributed by atoms with Crippen LogP contribution in [0.4, 0.5) is 0 Å². The number of aliphatic hydroxyl groups is 1. The summed E-state index contributed by atoms with van der Waals surface area (Å²) < 4.78 is 0. The summed E-state index contributed by atoms with van der Waals surface area (Å²) in [6.45, 7) is 4.34. The van der Waals surface area contributed by atoms with Crippen molar-refractivity contribution in [1.29, 1.82) is 0 Å². The van der Waals surface area contributed by atoms with E-state index in [1.54, 1.807) is 0 Å². The molecule has 1 aromatic rings. The number of fused-ring (bicyclic) bond motifs is 2. The summed E-state index contributed by atoms with van der Waals surface area (Å²) in [6, 6.07) is 7.61. The molecule has 0 aromatic heterocycles. The minimum Gasteiger partial charge on any atom is -0.389 e. The Balaban J connectivity index is 1.83. The average molecular weight is 273 g/mol. The molecule has 2 aliphatic rings. The average Bonchev–Trinajstić information content (AvgIpc) is 2.37. The highest BCUT2D eigenvalue weighted by atomic mass is 16.3. The second-order valence-corrected chi connectivity index (χ2v) is 7.08. The molecule has 2 atom stereocenters. The summed E-state index contributed by atoms with van der Waals surface area (Å²) in [5.74, 6) is 0. The van der Waals surface area contributed by atoms with Gasteiger partial charge in [-0.25, -0.2) is 0 Å². The van der Waals surface area contributed by atoms with Gasteiger partial charge >= 0.3 is 0 Å². The van der Waals surface area contributed by atoms with Crippen molar-refractivity contribution < 1.29 is 5.11 Å². The molecule has 2 aliphatic heterocycles. The lowest BCUT2D eigenvalue weighted by Crippen LogP contribution is -2.57. The molecular formula is C18H27NO. The van der Waals surface area contributed by atoms with Crippen LogP contribution in [-0.2, 0) is 6.42 Å². The SMILES string of the molecule is Cc1cccc(C)c1CC1(O)CC2CCCC(C1)N2C.